The first-order valence-corrected chi connectivity index (χ1v) is 7.64. The van der Waals surface area contributed by atoms with Gasteiger partial charge in [-0.15, -0.1) is 10.2 Å². The molecule has 2 aromatic rings. The predicted octanol–water partition coefficient (Wildman–Crippen LogP) is 1.79. The van der Waals surface area contributed by atoms with E-state index in [9.17, 15) is 4.79 Å². The van der Waals surface area contributed by atoms with Crippen LogP contribution >= 0.6 is 11.3 Å². The molecular weight excluding hydrogens is 262 g/mol. The molecular formula is C12H15N5OS. The first-order valence-electron chi connectivity index (χ1n) is 6.82. The van der Waals surface area contributed by atoms with Gasteiger partial charge in [-0.1, -0.05) is 24.2 Å². The van der Waals surface area contributed by atoms with E-state index in [0.717, 1.165) is 22.2 Å². The van der Waals surface area contributed by atoms with Gasteiger partial charge in [0.25, 0.3) is 0 Å². The van der Waals surface area contributed by atoms with E-state index in [-0.39, 0.29) is 11.9 Å². The molecule has 1 N–H and O–H groups in total. The van der Waals surface area contributed by atoms with Crippen LogP contribution in [0.15, 0.2) is 0 Å². The van der Waals surface area contributed by atoms with E-state index in [1.54, 1.807) is 0 Å². The van der Waals surface area contributed by atoms with Crippen molar-refractivity contribution in [3.05, 3.63) is 10.8 Å². The minimum absolute atomic E-state index is 0.0654. The molecule has 0 unspecified atom stereocenters. The van der Waals surface area contributed by atoms with E-state index < -0.39 is 0 Å². The highest BCUT2D eigenvalue weighted by Gasteiger charge is 2.28. The van der Waals surface area contributed by atoms with Gasteiger partial charge < -0.3 is 5.32 Å². The van der Waals surface area contributed by atoms with Crippen molar-refractivity contribution in [2.24, 2.45) is 0 Å². The van der Waals surface area contributed by atoms with Gasteiger partial charge in [-0.05, 0) is 19.3 Å². The van der Waals surface area contributed by atoms with Gasteiger partial charge in [-0.25, -0.2) is 0 Å². The van der Waals surface area contributed by atoms with Gasteiger partial charge >= 0.3 is 0 Å². The van der Waals surface area contributed by atoms with Crippen LogP contribution in [0.5, 0.6) is 0 Å². The first-order chi connectivity index (χ1) is 9.31. The molecule has 6 nitrogen and oxygen atoms in total. The van der Waals surface area contributed by atoms with Gasteiger partial charge in [-0.3, -0.25) is 4.79 Å². The monoisotopic (exact) mass is 277 g/mol. The van der Waals surface area contributed by atoms with Gasteiger partial charge in [-0.2, -0.15) is 9.61 Å². The van der Waals surface area contributed by atoms with Crippen molar-refractivity contribution in [2.75, 3.05) is 0 Å². The molecule has 1 saturated carbocycles. The molecule has 1 saturated heterocycles. The Morgan fingerprint density at radius 2 is 2.05 bits per heavy atom. The molecule has 4 rings (SSSR count). The molecule has 0 spiro atoms. The van der Waals surface area contributed by atoms with E-state index in [1.807, 2.05) is 4.52 Å². The lowest BCUT2D eigenvalue weighted by Gasteiger charge is -2.05. The highest BCUT2D eigenvalue weighted by molar-refractivity contribution is 7.16. The Kier molecular flexibility index (Phi) is 2.54. The second-order valence-electron chi connectivity index (χ2n) is 5.33. The number of carbonyl (C=O) groups is 1. The largest absolute Gasteiger partial charge is 0.347 e. The molecule has 100 valence electrons. The molecule has 2 aliphatic rings. The van der Waals surface area contributed by atoms with E-state index in [0.29, 0.717) is 12.3 Å². The molecule has 2 aromatic heterocycles. The molecule has 1 aliphatic carbocycles. The third-order valence-electron chi connectivity index (χ3n) is 4.04. The number of amides is 1. The second-order valence-corrected chi connectivity index (χ2v) is 6.32. The zero-order chi connectivity index (χ0) is 12.8. The summed E-state index contributed by atoms with van der Waals surface area (Å²) < 4.78 is 1.89. The van der Waals surface area contributed by atoms with E-state index in [2.05, 4.69) is 20.6 Å². The minimum Gasteiger partial charge on any atom is -0.347 e. The van der Waals surface area contributed by atoms with Crippen LogP contribution in [0.1, 0.15) is 61.3 Å². The Bertz CT molecular complexity index is 627. The van der Waals surface area contributed by atoms with Gasteiger partial charge in [0.05, 0.1) is 6.04 Å². The maximum absolute atomic E-state index is 11.3. The number of hydrogen-bond acceptors (Lipinski definition) is 5. The van der Waals surface area contributed by atoms with Crippen molar-refractivity contribution in [1.29, 1.82) is 0 Å². The first kappa shape index (κ1) is 11.3. The number of nitrogens with zero attached hydrogens (tertiary/aromatic N) is 4. The summed E-state index contributed by atoms with van der Waals surface area (Å²) in [5.41, 5.74) is 0. The van der Waals surface area contributed by atoms with Gasteiger partial charge in [0, 0.05) is 12.3 Å². The number of hydrogen-bond donors (Lipinski definition) is 1. The van der Waals surface area contributed by atoms with Crippen molar-refractivity contribution in [2.45, 2.75) is 50.5 Å². The summed E-state index contributed by atoms with van der Waals surface area (Å²) in [6, 6.07) is 0.0654. The van der Waals surface area contributed by atoms with Crippen molar-refractivity contribution < 1.29 is 4.79 Å². The Balaban J connectivity index is 1.69. The van der Waals surface area contributed by atoms with Crippen molar-refractivity contribution in [1.82, 2.24) is 25.1 Å². The van der Waals surface area contributed by atoms with Crippen LogP contribution in [0.3, 0.4) is 0 Å². The van der Waals surface area contributed by atoms with Crippen molar-refractivity contribution >= 4 is 22.2 Å². The van der Waals surface area contributed by atoms with Crippen molar-refractivity contribution in [3.8, 4) is 0 Å². The molecule has 7 heteroatoms. The Morgan fingerprint density at radius 1 is 1.21 bits per heavy atom. The lowest BCUT2D eigenvalue weighted by molar-refractivity contribution is -0.119. The summed E-state index contributed by atoms with van der Waals surface area (Å²) in [6.07, 6.45) is 6.36. The van der Waals surface area contributed by atoms with Gasteiger partial charge in [0.2, 0.25) is 10.9 Å². The summed E-state index contributed by atoms with van der Waals surface area (Å²) >= 11 is 1.54. The summed E-state index contributed by atoms with van der Waals surface area (Å²) in [4.78, 5) is 12.1. The highest BCUT2D eigenvalue weighted by Crippen LogP contribution is 2.34. The zero-order valence-corrected chi connectivity index (χ0v) is 11.3. The minimum atomic E-state index is 0.0654. The van der Waals surface area contributed by atoms with Crippen LogP contribution in [0, 0.1) is 0 Å². The maximum atomic E-state index is 11.3. The molecule has 1 amide bonds. The third kappa shape index (κ3) is 1.83. The maximum Gasteiger partial charge on any atom is 0.234 e. The van der Waals surface area contributed by atoms with Crippen LogP contribution < -0.4 is 5.32 Å². The Labute approximate surface area is 114 Å². The van der Waals surface area contributed by atoms with Crippen LogP contribution in [0.25, 0.3) is 4.96 Å². The fourth-order valence-electron chi connectivity index (χ4n) is 3.03. The van der Waals surface area contributed by atoms with Gasteiger partial charge in [0.1, 0.15) is 5.01 Å². The molecule has 1 aliphatic heterocycles. The average Bonchev–Trinajstić information content (AvgIpc) is 3.11. The Morgan fingerprint density at radius 3 is 2.79 bits per heavy atom. The fourth-order valence-corrected chi connectivity index (χ4v) is 3.96. The number of aromatic nitrogens is 4. The standard InChI is InChI=1S/C12H15N5OS/c18-9-6-5-8(13-9)11-16-17-10(7-3-1-2-4-7)14-15-12(17)19-11/h7-8H,1-6H2,(H,13,18)/t8-/m0/s1. The molecule has 2 fully saturated rings. The topological polar surface area (TPSA) is 72.2 Å². The fraction of sp³-hybridized carbons (Fsp3) is 0.667. The second kappa shape index (κ2) is 4.26. The van der Waals surface area contributed by atoms with E-state index in [1.165, 1.54) is 37.0 Å². The third-order valence-corrected chi connectivity index (χ3v) is 5.06. The molecule has 1 atom stereocenters. The lowest BCUT2D eigenvalue weighted by atomic mass is 10.1. The lowest BCUT2D eigenvalue weighted by Crippen LogP contribution is -2.18. The summed E-state index contributed by atoms with van der Waals surface area (Å²) in [5, 5.41) is 17.1. The molecule has 0 radical (unpaired) electrons. The summed E-state index contributed by atoms with van der Waals surface area (Å²) in [5.74, 6) is 1.62. The van der Waals surface area contributed by atoms with Crippen LogP contribution in [0.4, 0.5) is 0 Å². The summed E-state index contributed by atoms with van der Waals surface area (Å²) in [7, 11) is 0. The molecule has 3 heterocycles. The van der Waals surface area contributed by atoms with Gasteiger partial charge in [0.15, 0.2) is 5.82 Å². The number of carbonyl (C=O) groups excluding carboxylic acids is 1. The SMILES string of the molecule is O=C1CC[C@@H](c2nn3c(C4CCCC4)nnc3s2)N1. The quantitative estimate of drug-likeness (QED) is 0.908. The predicted molar refractivity (Wildman–Crippen MR) is 70.0 cm³/mol. The van der Waals surface area contributed by atoms with Crippen molar-refractivity contribution in [3.63, 3.8) is 0 Å². The Hall–Kier alpha value is -1.50. The molecule has 0 aromatic carbocycles. The van der Waals surface area contributed by atoms with E-state index in [4.69, 9.17) is 0 Å². The smallest absolute Gasteiger partial charge is 0.234 e. The number of fused-ring (bicyclic) bond motifs is 1. The number of nitrogens with one attached hydrogen (secondary N) is 1. The molecule has 0 bridgehead atoms. The van der Waals surface area contributed by atoms with Crippen LogP contribution in [0.2, 0.25) is 0 Å². The molecule has 19 heavy (non-hydrogen) atoms. The zero-order valence-electron chi connectivity index (χ0n) is 10.5. The van der Waals surface area contributed by atoms with E-state index >= 15 is 0 Å². The highest BCUT2D eigenvalue weighted by atomic mass is 32.1. The van der Waals surface area contributed by atoms with Crippen LogP contribution in [-0.4, -0.2) is 25.7 Å². The van der Waals surface area contributed by atoms with Crippen LogP contribution in [-0.2, 0) is 4.79 Å². The normalized spacial score (nSPS) is 24.4. The average molecular weight is 277 g/mol. The number of rotatable bonds is 2. The summed E-state index contributed by atoms with van der Waals surface area (Å²) in [6.45, 7) is 0.